The van der Waals surface area contributed by atoms with Crippen molar-refractivity contribution in [2.75, 3.05) is 4.90 Å². The molecule has 0 saturated heterocycles. The summed E-state index contributed by atoms with van der Waals surface area (Å²) >= 11 is 13.8. The highest BCUT2D eigenvalue weighted by molar-refractivity contribution is 7.98. The Hall–Kier alpha value is -3.77. The lowest BCUT2D eigenvalue weighted by atomic mass is 9.74. The Morgan fingerprint density at radius 3 is 2.46 bits per heavy atom. The van der Waals surface area contributed by atoms with Gasteiger partial charge in [-0.2, -0.15) is 5.26 Å². The van der Waals surface area contributed by atoms with Crippen LogP contribution in [0.2, 0.25) is 10.0 Å². The van der Waals surface area contributed by atoms with Gasteiger partial charge in [0.15, 0.2) is 5.78 Å². The summed E-state index contributed by atoms with van der Waals surface area (Å²) in [5, 5.41) is 23.3. The number of hydrogen-bond donors (Lipinski definition) is 1. The molecule has 0 saturated carbocycles. The van der Waals surface area contributed by atoms with Crippen LogP contribution in [0.15, 0.2) is 82.2 Å². The maximum absolute atomic E-state index is 13.6. The number of Topliss-reactive ketones (excluding diaryl/α,β-unsaturated/α-hetero) is 1. The van der Waals surface area contributed by atoms with Gasteiger partial charge in [-0.25, -0.2) is 0 Å². The third-order valence-electron chi connectivity index (χ3n) is 7.53. The van der Waals surface area contributed by atoms with Crippen LogP contribution in [-0.4, -0.2) is 10.7 Å². The van der Waals surface area contributed by atoms with Gasteiger partial charge in [0.25, 0.3) is 5.69 Å². The number of rotatable bonds is 6. The number of allylic oxidation sites excluding steroid dienone is 3. The van der Waals surface area contributed by atoms with Crippen LogP contribution in [-0.2, 0) is 10.5 Å². The number of nitro benzene ring substituents is 1. The molecule has 2 aliphatic rings. The number of benzene rings is 3. The average molecular weight is 606 g/mol. The van der Waals surface area contributed by atoms with Crippen molar-refractivity contribution in [3.8, 4) is 6.07 Å². The van der Waals surface area contributed by atoms with Gasteiger partial charge in [0.05, 0.1) is 22.5 Å². The second kappa shape index (κ2) is 11.6. The van der Waals surface area contributed by atoms with Crippen LogP contribution in [0, 0.1) is 35.3 Å². The second-order valence-corrected chi connectivity index (χ2v) is 12.0. The number of nitrogens with two attached hydrogens (primary N) is 1. The molecule has 1 aliphatic heterocycles. The van der Waals surface area contributed by atoms with Crippen molar-refractivity contribution < 1.29 is 9.72 Å². The molecule has 41 heavy (non-hydrogen) atoms. The highest BCUT2D eigenvalue weighted by Gasteiger charge is 2.42. The topological polar surface area (TPSA) is 113 Å². The van der Waals surface area contributed by atoms with Crippen LogP contribution in [0.4, 0.5) is 11.4 Å². The summed E-state index contributed by atoms with van der Waals surface area (Å²) in [6.45, 7) is 4.01. The zero-order valence-corrected chi connectivity index (χ0v) is 24.7. The van der Waals surface area contributed by atoms with Crippen LogP contribution >= 0.6 is 35.0 Å². The van der Waals surface area contributed by atoms with E-state index in [1.54, 1.807) is 11.8 Å². The van der Waals surface area contributed by atoms with Crippen molar-refractivity contribution in [1.29, 1.82) is 5.26 Å². The number of nitrogens with zero attached hydrogens (tertiary/aromatic N) is 3. The number of anilines is 1. The Bertz CT molecular complexity index is 1690. The molecular formula is C31H26Cl2N4O3S. The number of nitriles is 1. The first-order valence-corrected chi connectivity index (χ1v) is 14.7. The van der Waals surface area contributed by atoms with E-state index in [2.05, 4.69) is 18.2 Å². The lowest BCUT2D eigenvalue weighted by Crippen LogP contribution is -2.39. The van der Waals surface area contributed by atoms with E-state index in [-0.39, 0.29) is 33.6 Å². The SMILES string of the molecule is Cc1cc(C)c(C2C(C#N)=C(N)N(c3ccc(Cl)cc3[N+](=O)[O-])C3=C2C(=O)CCC3)cc1CSc1ccc(Cl)cc1. The molecule has 208 valence electrons. The molecule has 0 amide bonds. The predicted octanol–water partition coefficient (Wildman–Crippen LogP) is 8.12. The molecule has 0 spiro atoms. The maximum atomic E-state index is 13.6. The Labute approximate surface area is 252 Å². The third-order valence-corrected chi connectivity index (χ3v) is 9.08. The lowest BCUT2D eigenvalue weighted by Gasteiger charge is -2.39. The number of nitro groups is 1. The first kappa shape index (κ1) is 28.7. The molecule has 1 unspecified atom stereocenters. The minimum absolute atomic E-state index is 0.0773. The van der Waals surface area contributed by atoms with Crippen molar-refractivity contribution in [3.05, 3.63) is 120 Å². The molecule has 0 fully saturated rings. The molecule has 10 heteroatoms. The summed E-state index contributed by atoms with van der Waals surface area (Å²) in [6.07, 6.45) is 1.39. The molecule has 0 bridgehead atoms. The summed E-state index contributed by atoms with van der Waals surface area (Å²) in [4.78, 5) is 27.6. The molecule has 2 N–H and O–H groups in total. The van der Waals surface area contributed by atoms with Crippen LogP contribution in [0.5, 0.6) is 0 Å². The Morgan fingerprint density at radius 2 is 1.78 bits per heavy atom. The van der Waals surface area contributed by atoms with Crippen LogP contribution in [0.25, 0.3) is 0 Å². The lowest BCUT2D eigenvalue weighted by molar-refractivity contribution is -0.384. The van der Waals surface area contributed by atoms with Crippen molar-refractivity contribution in [2.24, 2.45) is 5.73 Å². The van der Waals surface area contributed by atoms with Gasteiger partial charge in [-0.05, 0) is 85.3 Å². The zero-order chi connectivity index (χ0) is 29.4. The molecule has 1 aliphatic carbocycles. The second-order valence-electron chi connectivity index (χ2n) is 10.1. The molecule has 0 radical (unpaired) electrons. The van der Waals surface area contributed by atoms with Gasteiger partial charge in [-0.15, -0.1) is 11.8 Å². The Balaban J connectivity index is 1.66. The quantitative estimate of drug-likeness (QED) is 0.172. The van der Waals surface area contributed by atoms with E-state index in [9.17, 15) is 20.2 Å². The molecule has 0 aromatic heterocycles. The van der Waals surface area contributed by atoms with E-state index in [0.29, 0.717) is 41.3 Å². The van der Waals surface area contributed by atoms with Crippen molar-refractivity contribution >= 4 is 52.1 Å². The standard InChI is InChI=1S/C31H26Cl2N4O3S/c1-17-12-18(2)23(13-19(17)16-41-22-9-6-20(32)7-10-22)29-24(15-34)31(35)36(26-4-3-5-28(38)30(26)29)25-11-8-21(33)14-27(25)37(39)40/h6-14,29H,3-5,16,35H2,1-2H3. The largest absolute Gasteiger partial charge is 0.384 e. The summed E-state index contributed by atoms with van der Waals surface area (Å²) in [6, 6.07) is 18.3. The fourth-order valence-corrected chi connectivity index (χ4v) is 6.83. The van der Waals surface area contributed by atoms with Crippen molar-refractivity contribution in [3.63, 3.8) is 0 Å². The van der Waals surface area contributed by atoms with E-state index >= 15 is 0 Å². The minimum Gasteiger partial charge on any atom is -0.384 e. The van der Waals surface area contributed by atoms with Crippen molar-refractivity contribution in [2.45, 2.75) is 49.7 Å². The van der Waals surface area contributed by atoms with Crippen molar-refractivity contribution in [1.82, 2.24) is 0 Å². The van der Waals surface area contributed by atoms with Gasteiger partial charge in [-0.3, -0.25) is 19.8 Å². The average Bonchev–Trinajstić information content (AvgIpc) is 2.93. The highest BCUT2D eigenvalue weighted by atomic mass is 35.5. The number of thioether (sulfide) groups is 1. The molecule has 1 heterocycles. The normalized spacial score (nSPS) is 17.0. The van der Waals surface area contributed by atoms with Crippen LogP contribution in [0.3, 0.4) is 0 Å². The van der Waals surface area contributed by atoms with E-state index in [0.717, 1.165) is 27.1 Å². The van der Waals surface area contributed by atoms with Gasteiger partial charge in [0, 0.05) is 44.5 Å². The van der Waals surface area contributed by atoms with E-state index in [1.807, 2.05) is 38.1 Å². The zero-order valence-electron chi connectivity index (χ0n) is 22.4. The molecule has 3 aromatic carbocycles. The molecule has 1 atom stereocenters. The van der Waals surface area contributed by atoms with Gasteiger partial charge >= 0.3 is 0 Å². The van der Waals surface area contributed by atoms with E-state index < -0.39 is 10.8 Å². The van der Waals surface area contributed by atoms with Crippen LogP contribution < -0.4 is 10.6 Å². The summed E-state index contributed by atoms with van der Waals surface area (Å²) in [5.74, 6) is -0.00813. The smallest absolute Gasteiger partial charge is 0.294 e. The maximum Gasteiger partial charge on any atom is 0.294 e. The number of ketones is 1. The minimum atomic E-state index is -0.676. The summed E-state index contributed by atoms with van der Waals surface area (Å²) in [5.41, 5.74) is 11.8. The molecular weight excluding hydrogens is 579 g/mol. The monoisotopic (exact) mass is 604 g/mol. The summed E-state index contributed by atoms with van der Waals surface area (Å²) < 4.78 is 0. The molecule has 5 rings (SSSR count). The number of aryl methyl sites for hydroxylation is 2. The van der Waals surface area contributed by atoms with Crippen LogP contribution in [0.1, 0.15) is 47.4 Å². The number of carbonyl (C=O) groups is 1. The predicted molar refractivity (Wildman–Crippen MR) is 163 cm³/mol. The van der Waals surface area contributed by atoms with Gasteiger partial charge in [0.2, 0.25) is 0 Å². The Morgan fingerprint density at radius 1 is 1.07 bits per heavy atom. The summed E-state index contributed by atoms with van der Waals surface area (Å²) in [7, 11) is 0. The van der Waals surface area contributed by atoms with E-state index in [4.69, 9.17) is 28.9 Å². The first-order valence-electron chi connectivity index (χ1n) is 13.0. The number of hydrogen-bond acceptors (Lipinski definition) is 7. The van der Waals surface area contributed by atoms with Gasteiger partial charge in [0.1, 0.15) is 11.5 Å². The molecule has 7 nitrogen and oxygen atoms in total. The van der Waals surface area contributed by atoms with Gasteiger partial charge < -0.3 is 5.73 Å². The first-order chi connectivity index (χ1) is 19.6. The fourth-order valence-electron chi connectivity index (χ4n) is 5.58. The molecule has 3 aromatic rings. The fraction of sp³-hybridized carbons (Fsp3) is 0.226. The Kier molecular flexibility index (Phi) is 8.14. The highest BCUT2D eigenvalue weighted by Crippen LogP contribution is 2.49. The third kappa shape index (κ3) is 5.45. The number of carbonyl (C=O) groups excluding carboxylic acids is 1. The van der Waals surface area contributed by atoms with E-state index in [1.165, 1.54) is 23.1 Å². The van der Waals surface area contributed by atoms with Gasteiger partial charge in [-0.1, -0.05) is 35.3 Å². The number of halogens is 2.